The molecule has 0 radical (unpaired) electrons. The van der Waals surface area contributed by atoms with Gasteiger partial charge in [0.1, 0.15) is 12.7 Å². The van der Waals surface area contributed by atoms with Crippen LogP contribution in [0.25, 0.3) is 0 Å². The van der Waals surface area contributed by atoms with E-state index in [1.54, 1.807) is 0 Å². The maximum absolute atomic E-state index is 10.0. The van der Waals surface area contributed by atoms with Gasteiger partial charge in [-0.05, 0) is 6.92 Å². The van der Waals surface area contributed by atoms with Crippen LogP contribution in [-0.4, -0.2) is 18.5 Å². The molecule has 7 heavy (non-hydrogen) atoms. The zero-order valence-electron chi connectivity index (χ0n) is 4.11. The van der Waals surface area contributed by atoms with Gasteiger partial charge in [-0.25, -0.2) is 0 Å². The Kier molecular flexibility index (Phi) is 4.04. The van der Waals surface area contributed by atoms with Crippen LogP contribution >= 0.6 is 11.6 Å². The Morgan fingerprint density at radius 1 is 1.86 bits per heavy atom. The first kappa shape index (κ1) is 6.92. The molecule has 0 spiro atoms. The fraction of sp³-hybridized carbons (Fsp3) is 0.750. The molecule has 0 saturated carbocycles. The molecule has 0 unspecified atom stereocenters. The standard InChI is InChI=1S/C4H7ClO2/c1-4(6)2-7-3-5/h2-3H2,1H3. The van der Waals surface area contributed by atoms with Gasteiger partial charge >= 0.3 is 0 Å². The largest absolute Gasteiger partial charge is 0.358 e. The third kappa shape index (κ3) is 5.92. The fourth-order valence-electron chi connectivity index (χ4n) is 0.182. The first-order chi connectivity index (χ1) is 3.27. The van der Waals surface area contributed by atoms with Crippen molar-refractivity contribution in [1.29, 1.82) is 0 Å². The van der Waals surface area contributed by atoms with Crippen LogP contribution < -0.4 is 0 Å². The number of alkyl halides is 1. The maximum atomic E-state index is 10.0. The van der Waals surface area contributed by atoms with Gasteiger partial charge in [0.25, 0.3) is 0 Å². The summed E-state index contributed by atoms with van der Waals surface area (Å²) in [6.07, 6.45) is 0. The molecule has 2 nitrogen and oxygen atoms in total. The smallest absolute Gasteiger partial charge is 0.155 e. The molecule has 3 heteroatoms. The third-order valence-electron chi connectivity index (χ3n) is 0.382. The quantitative estimate of drug-likeness (QED) is 0.518. The van der Waals surface area contributed by atoms with Crippen LogP contribution in [0.5, 0.6) is 0 Å². The summed E-state index contributed by atoms with van der Waals surface area (Å²) >= 11 is 5.07. The van der Waals surface area contributed by atoms with Gasteiger partial charge in [-0.15, -0.1) is 0 Å². The molecule has 0 aromatic carbocycles. The molecule has 0 aliphatic rings. The second kappa shape index (κ2) is 4.09. The lowest BCUT2D eigenvalue weighted by molar-refractivity contribution is -0.120. The van der Waals surface area contributed by atoms with E-state index in [-0.39, 0.29) is 18.5 Å². The summed E-state index contributed by atoms with van der Waals surface area (Å²) < 4.78 is 4.51. The zero-order valence-corrected chi connectivity index (χ0v) is 4.86. The Morgan fingerprint density at radius 3 is 2.57 bits per heavy atom. The minimum absolute atomic E-state index is 0.000602. The Morgan fingerprint density at radius 2 is 2.43 bits per heavy atom. The molecule has 0 bridgehead atoms. The highest BCUT2D eigenvalue weighted by Gasteiger charge is 1.87. The van der Waals surface area contributed by atoms with Crippen LogP contribution in [0.3, 0.4) is 0 Å². The van der Waals surface area contributed by atoms with Crippen molar-refractivity contribution in [2.45, 2.75) is 6.92 Å². The van der Waals surface area contributed by atoms with E-state index in [0.29, 0.717) is 0 Å². The molecule has 42 valence electrons. The zero-order chi connectivity index (χ0) is 5.70. The highest BCUT2D eigenvalue weighted by molar-refractivity contribution is 6.17. The number of carbonyl (C=O) groups excluding carboxylic acids is 1. The SMILES string of the molecule is CC(=O)COCCl. The number of hydrogen-bond acceptors (Lipinski definition) is 2. The monoisotopic (exact) mass is 122 g/mol. The van der Waals surface area contributed by atoms with Gasteiger partial charge in [0, 0.05) is 0 Å². The van der Waals surface area contributed by atoms with E-state index in [0.717, 1.165) is 0 Å². The van der Waals surface area contributed by atoms with Crippen molar-refractivity contribution in [3.8, 4) is 0 Å². The molecule has 0 saturated heterocycles. The van der Waals surface area contributed by atoms with Crippen LogP contribution in [0.15, 0.2) is 0 Å². The predicted octanol–water partition coefficient (Wildman–Crippen LogP) is 0.788. The topological polar surface area (TPSA) is 26.3 Å². The molecule has 0 heterocycles. The summed E-state index contributed by atoms with van der Waals surface area (Å²) in [6.45, 7) is 1.58. The first-order valence-corrected chi connectivity index (χ1v) is 2.44. The van der Waals surface area contributed by atoms with Gasteiger partial charge in [0.15, 0.2) is 5.78 Å². The summed E-state index contributed by atoms with van der Waals surface area (Å²) in [4.78, 5) is 10.0. The third-order valence-corrected chi connectivity index (χ3v) is 0.537. The van der Waals surface area contributed by atoms with Crippen molar-refractivity contribution in [2.24, 2.45) is 0 Å². The Hall–Kier alpha value is -0.0800. The van der Waals surface area contributed by atoms with Crippen LogP contribution in [0, 0.1) is 0 Å². The molecule has 0 rings (SSSR count). The van der Waals surface area contributed by atoms with Crippen molar-refractivity contribution in [3.63, 3.8) is 0 Å². The molecule has 0 amide bonds. The van der Waals surface area contributed by atoms with Crippen molar-refractivity contribution in [1.82, 2.24) is 0 Å². The van der Waals surface area contributed by atoms with E-state index in [9.17, 15) is 4.79 Å². The van der Waals surface area contributed by atoms with Gasteiger partial charge in [0.2, 0.25) is 0 Å². The Bertz CT molecular complexity index is 62.7. The van der Waals surface area contributed by atoms with E-state index >= 15 is 0 Å². The van der Waals surface area contributed by atoms with Crippen molar-refractivity contribution >= 4 is 17.4 Å². The van der Waals surface area contributed by atoms with Gasteiger partial charge < -0.3 is 4.74 Å². The molecule has 0 aromatic rings. The molecular formula is C4H7ClO2. The Labute approximate surface area is 47.4 Å². The normalized spacial score (nSPS) is 8.86. The van der Waals surface area contributed by atoms with Crippen LogP contribution in [-0.2, 0) is 9.53 Å². The lowest BCUT2D eigenvalue weighted by Crippen LogP contribution is -2.01. The highest BCUT2D eigenvalue weighted by atomic mass is 35.5. The number of rotatable bonds is 3. The maximum Gasteiger partial charge on any atom is 0.155 e. The van der Waals surface area contributed by atoms with Crippen molar-refractivity contribution in [3.05, 3.63) is 0 Å². The van der Waals surface area contributed by atoms with Crippen LogP contribution in [0.1, 0.15) is 6.92 Å². The summed E-state index contributed by atoms with van der Waals surface area (Å²) in [5.74, 6) is 0.000602. The van der Waals surface area contributed by atoms with E-state index in [1.165, 1.54) is 6.92 Å². The molecule has 0 atom stereocenters. The van der Waals surface area contributed by atoms with Gasteiger partial charge in [-0.1, -0.05) is 11.6 Å². The molecule has 0 aliphatic carbocycles. The van der Waals surface area contributed by atoms with Crippen LogP contribution in [0.4, 0.5) is 0 Å². The lowest BCUT2D eigenvalue weighted by atomic mass is 10.5. The number of ketones is 1. The second-order valence-electron chi connectivity index (χ2n) is 1.16. The molecular weight excluding hydrogens is 115 g/mol. The number of carbonyl (C=O) groups is 1. The highest BCUT2D eigenvalue weighted by Crippen LogP contribution is 1.78. The number of ether oxygens (including phenoxy) is 1. The van der Waals surface area contributed by atoms with E-state index < -0.39 is 0 Å². The molecule has 0 N–H and O–H groups in total. The molecule has 0 aliphatic heterocycles. The minimum Gasteiger partial charge on any atom is -0.358 e. The van der Waals surface area contributed by atoms with E-state index in [4.69, 9.17) is 11.6 Å². The fourth-order valence-corrected chi connectivity index (χ4v) is 0.259. The van der Waals surface area contributed by atoms with Crippen molar-refractivity contribution in [2.75, 3.05) is 12.7 Å². The summed E-state index contributed by atoms with van der Waals surface area (Å²) in [5, 5.41) is 0. The average molecular weight is 123 g/mol. The number of Topliss-reactive ketones (excluding diaryl/α,β-unsaturated/α-hetero) is 1. The summed E-state index contributed by atoms with van der Waals surface area (Å²) in [6, 6.07) is 0.0968. The van der Waals surface area contributed by atoms with Crippen LogP contribution in [0.2, 0.25) is 0 Å². The lowest BCUT2D eigenvalue weighted by Gasteiger charge is -1.89. The second-order valence-corrected chi connectivity index (χ2v) is 1.38. The number of hydrogen-bond donors (Lipinski definition) is 0. The van der Waals surface area contributed by atoms with Gasteiger partial charge in [-0.3, -0.25) is 4.79 Å². The summed E-state index contributed by atoms with van der Waals surface area (Å²) in [5.41, 5.74) is 0. The Balaban J connectivity index is 2.82. The minimum atomic E-state index is 0.000602. The van der Waals surface area contributed by atoms with E-state index in [2.05, 4.69) is 4.74 Å². The van der Waals surface area contributed by atoms with Gasteiger partial charge in [-0.2, -0.15) is 0 Å². The first-order valence-electron chi connectivity index (χ1n) is 1.90. The molecule has 0 aromatic heterocycles. The van der Waals surface area contributed by atoms with Gasteiger partial charge in [0.05, 0.1) is 0 Å². The molecule has 0 fully saturated rings. The number of halogens is 1. The van der Waals surface area contributed by atoms with Crippen molar-refractivity contribution < 1.29 is 9.53 Å². The van der Waals surface area contributed by atoms with E-state index in [1.807, 2.05) is 0 Å². The summed E-state index contributed by atoms with van der Waals surface area (Å²) in [7, 11) is 0. The average Bonchev–Trinajstić information content (AvgIpc) is 1.61. The predicted molar refractivity (Wildman–Crippen MR) is 27.4 cm³/mol.